The van der Waals surface area contributed by atoms with Crippen LogP contribution in [0.4, 0.5) is 5.69 Å². The molecule has 0 aliphatic heterocycles. The summed E-state index contributed by atoms with van der Waals surface area (Å²) >= 11 is 0. The lowest BCUT2D eigenvalue weighted by molar-refractivity contribution is -0.121. The molecule has 0 spiro atoms. The van der Waals surface area contributed by atoms with Gasteiger partial charge in [-0.05, 0) is 30.4 Å². The molecule has 3 N–H and O–H groups in total. The lowest BCUT2D eigenvalue weighted by atomic mass is 10.1. The van der Waals surface area contributed by atoms with E-state index in [0.717, 1.165) is 24.1 Å². The van der Waals surface area contributed by atoms with Crippen LogP contribution in [-0.2, 0) is 11.2 Å². The predicted molar refractivity (Wildman–Crippen MR) is 64.9 cm³/mol. The number of anilines is 1. The van der Waals surface area contributed by atoms with Crippen LogP contribution in [0, 0.1) is 5.92 Å². The number of nitrogen functional groups attached to an aromatic ring is 1. The van der Waals surface area contributed by atoms with E-state index >= 15 is 0 Å². The van der Waals surface area contributed by atoms with Crippen molar-refractivity contribution in [2.45, 2.75) is 32.2 Å². The summed E-state index contributed by atoms with van der Waals surface area (Å²) in [6.45, 7) is 2.15. The van der Waals surface area contributed by atoms with Gasteiger partial charge in [-0.2, -0.15) is 0 Å². The molecule has 1 aromatic carbocycles. The SMILES string of the molecule is CC1CC1NC(=O)CCc1ccccc1N. The van der Waals surface area contributed by atoms with E-state index < -0.39 is 0 Å². The molecular formula is C13H18N2O. The Morgan fingerprint density at radius 3 is 2.81 bits per heavy atom. The Morgan fingerprint density at radius 2 is 2.19 bits per heavy atom. The molecule has 3 nitrogen and oxygen atoms in total. The topological polar surface area (TPSA) is 55.1 Å². The third-order valence-electron chi connectivity index (χ3n) is 3.13. The van der Waals surface area contributed by atoms with Gasteiger partial charge in [0.2, 0.25) is 5.91 Å². The van der Waals surface area contributed by atoms with Crippen molar-refractivity contribution in [1.29, 1.82) is 0 Å². The number of nitrogens with one attached hydrogen (secondary N) is 1. The lowest BCUT2D eigenvalue weighted by Crippen LogP contribution is -2.26. The molecule has 1 fully saturated rings. The van der Waals surface area contributed by atoms with Crippen molar-refractivity contribution in [3.8, 4) is 0 Å². The molecule has 3 heteroatoms. The molecule has 1 saturated carbocycles. The van der Waals surface area contributed by atoms with Gasteiger partial charge in [0.15, 0.2) is 0 Å². The molecule has 1 amide bonds. The molecule has 2 unspecified atom stereocenters. The fourth-order valence-electron chi connectivity index (χ4n) is 1.81. The van der Waals surface area contributed by atoms with Crippen LogP contribution in [0.2, 0.25) is 0 Å². The number of carbonyl (C=O) groups is 1. The molecule has 86 valence electrons. The average Bonchev–Trinajstić information content (AvgIpc) is 2.93. The van der Waals surface area contributed by atoms with Crippen molar-refractivity contribution in [2.24, 2.45) is 5.92 Å². The van der Waals surface area contributed by atoms with E-state index in [1.165, 1.54) is 0 Å². The normalized spacial score (nSPS) is 22.8. The van der Waals surface area contributed by atoms with Crippen LogP contribution in [0.3, 0.4) is 0 Å². The van der Waals surface area contributed by atoms with Crippen LogP contribution in [-0.4, -0.2) is 11.9 Å². The summed E-state index contributed by atoms with van der Waals surface area (Å²) in [6.07, 6.45) is 2.37. The fraction of sp³-hybridized carbons (Fsp3) is 0.462. The first kappa shape index (κ1) is 11.0. The monoisotopic (exact) mass is 218 g/mol. The number of hydrogen-bond acceptors (Lipinski definition) is 2. The molecule has 16 heavy (non-hydrogen) atoms. The number of benzene rings is 1. The number of aryl methyl sites for hydroxylation is 1. The van der Waals surface area contributed by atoms with Gasteiger partial charge >= 0.3 is 0 Å². The Morgan fingerprint density at radius 1 is 1.50 bits per heavy atom. The Balaban J connectivity index is 1.78. The van der Waals surface area contributed by atoms with Crippen LogP contribution in [0.5, 0.6) is 0 Å². The van der Waals surface area contributed by atoms with Crippen molar-refractivity contribution in [2.75, 3.05) is 5.73 Å². The minimum absolute atomic E-state index is 0.137. The molecule has 0 saturated heterocycles. The summed E-state index contributed by atoms with van der Waals surface area (Å²) in [5.74, 6) is 0.795. The van der Waals surface area contributed by atoms with Crippen LogP contribution in [0.15, 0.2) is 24.3 Å². The maximum atomic E-state index is 11.6. The van der Waals surface area contributed by atoms with Crippen LogP contribution in [0.1, 0.15) is 25.3 Å². The van der Waals surface area contributed by atoms with Gasteiger partial charge in [-0.25, -0.2) is 0 Å². The summed E-state index contributed by atoms with van der Waals surface area (Å²) in [5.41, 5.74) is 7.64. The van der Waals surface area contributed by atoms with E-state index in [0.29, 0.717) is 18.4 Å². The van der Waals surface area contributed by atoms with Gasteiger partial charge in [-0.1, -0.05) is 25.1 Å². The molecule has 0 heterocycles. The molecule has 2 rings (SSSR count). The van der Waals surface area contributed by atoms with E-state index in [9.17, 15) is 4.79 Å². The van der Waals surface area contributed by atoms with E-state index in [2.05, 4.69) is 12.2 Å². The highest BCUT2D eigenvalue weighted by atomic mass is 16.1. The Labute approximate surface area is 96.0 Å². The van der Waals surface area contributed by atoms with Crippen molar-refractivity contribution >= 4 is 11.6 Å². The van der Waals surface area contributed by atoms with Crippen molar-refractivity contribution in [1.82, 2.24) is 5.32 Å². The second-order valence-electron chi connectivity index (χ2n) is 4.59. The zero-order chi connectivity index (χ0) is 11.5. The minimum atomic E-state index is 0.137. The van der Waals surface area contributed by atoms with E-state index in [-0.39, 0.29) is 5.91 Å². The highest BCUT2D eigenvalue weighted by molar-refractivity contribution is 5.77. The summed E-state index contributed by atoms with van der Waals surface area (Å²) < 4.78 is 0. The van der Waals surface area contributed by atoms with Crippen LogP contribution >= 0.6 is 0 Å². The first-order valence-electron chi connectivity index (χ1n) is 5.79. The minimum Gasteiger partial charge on any atom is -0.399 e. The maximum absolute atomic E-state index is 11.6. The Kier molecular flexibility index (Phi) is 3.13. The second-order valence-corrected chi connectivity index (χ2v) is 4.59. The van der Waals surface area contributed by atoms with Gasteiger partial charge in [0.25, 0.3) is 0 Å². The van der Waals surface area contributed by atoms with Crippen LogP contribution in [0.25, 0.3) is 0 Å². The zero-order valence-corrected chi connectivity index (χ0v) is 9.57. The quantitative estimate of drug-likeness (QED) is 0.756. The molecule has 1 aromatic rings. The number of rotatable bonds is 4. The van der Waals surface area contributed by atoms with E-state index in [1.54, 1.807) is 0 Å². The molecular weight excluding hydrogens is 200 g/mol. The van der Waals surface area contributed by atoms with Gasteiger partial charge < -0.3 is 11.1 Å². The van der Waals surface area contributed by atoms with Gasteiger partial charge in [0.05, 0.1) is 0 Å². The van der Waals surface area contributed by atoms with Gasteiger partial charge in [-0.3, -0.25) is 4.79 Å². The molecule has 1 aliphatic carbocycles. The number of hydrogen-bond donors (Lipinski definition) is 2. The molecule has 0 bridgehead atoms. The number of amides is 1. The van der Waals surface area contributed by atoms with Gasteiger partial charge in [-0.15, -0.1) is 0 Å². The Hall–Kier alpha value is -1.51. The largest absolute Gasteiger partial charge is 0.399 e. The van der Waals surface area contributed by atoms with E-state index in [1.807, 2.05) is 24.3 Å². The highest BCUT2D eigenvalue weighted by Gasteiger charge is 2.33. The first-order valence-corrected chi connectivity index (χ1v) is 5.79. The molecule has 1 aliphatic rings. The Bertz CT molecular complexity index is 389. The lowest BCUT2D eigenvalue weighted by Gasteiger charge is -2.06. The van der Waals surface area contributed by atoms with Gasteiger partial charge in [0.1, 0.15) is 0 Å². The maximum Gasteiger partial charge on any atom is 0.220 e. The zero-order valence-electron chi connectivity index (χ0n) is 9.57. The third kappa shape index (κ3) is 2.75. The van der Waals surface area contributed by atoms with Crippen molar-refractivity contribution in [3.05, 3.63) is 29.8 Å². The number of nitrogens with two attached hydrogens (primary N) is 1. The van der Waals surface area contributed by atoms with Crippen LogP contribution < -0.4 is 11.1 Å². The second kappa shape index (κ2) is 4.56. The number of para-hydroxylation sites is 1. The molecule has 2 atom stereocenters. The molecule has 0 radical (unpaired) electrons. The molecule has 0 aromatic heterocycles. The summed E-state index contributed by atoms with van der Waals surface area (Å²) in [7, 11) is 0. The summed E-state index contributed by atoms with van der Waals surface area (Å²) in [5, 5.41) is 3.01. The number of carbonyl (C=O) groups excluding carboxylic acids is 1. The predicted octanol–water partition coefficient (Wildman–Crippen LogP) is 1.73. The summed E-state index contributed by atoms with van der Waals surface area (Å²) in [4.78, 5) is 11.6. The first-order chi connectivity index (χ1) is 7.66. The fourth-order valence-corrected chi connectivity index (χ4v) is 1.81. The van der Waals surface area contributed by atoms with E-state index in [4.69, 9.17) is 5.73 Å². The summed E-state index contributed by atoms with van der Waals surface area (Å²) in [6, 6.07) is 8.12. The van der Waals surface area contributed by atoms with Crippen molar-refractivity contribution in [3.63, 3.8) is 0 Å². The third-order valence-corrected chi connectivity index (χ3v) is 3.13. The highest BCUT2D eigenvalue weighted by Crippen LogP contribution is 2.29. The standard InChI is InChI=1S/C13H18N2O/c1-9-8-12(9)15-13(16)7-6-10-4-2-3-5-11(10)14/h2-5,9,12H,6-8,14H2,1H3,(H,15,16). The van der Waals surface area contributed by atoms with Gasteiger partial charge in [0, 0.05) is 18.2 Å². The van der Waals surface area contributed by atoms with Crippen molar-refractivity contribution < 1.29 is 4.79 Å². The smallest absolute Gasteiger partial charge is 0.220 e. The average molecular weight is 218 g/mol.